The Morgan fingerprint density at radius 1 is 1.33 bits per heavy atom. The Kier molecular flexibility index (Phi) is 4.32. The van der Waals surface area contributed by atoms with E-state index >= 15 is 0 Å². The minimum atomic E-state index is -4.77. The van der Waals surface area contributed by atoms with E-state index in [0.717, 1.165) is 11.6 Å². The minimum Gasteiger partial charge on any atom is -0.388 e. The van der Waals surface area contributed by atoms with Crippen LogP contribution >= 0.6 is 0 Å². The van der Waals surface area contributed by atoms with Crippen molar-refractivity contribution < 1.29 is 22.7 Å². The van der Waals surface area contributed by atoms with Gasteiger partial charge in [-0.05, 0) is 36.1 Å². The highest BCUT2D eigenvalue weighted by molar-refractivity contribution is 5.29. The highest BCUT2D eigenvalue weighted by Gasteiger charge is 2.34. The van der Waals surface area contributed by atoms with E-state index in [-0.39, 0.29) is 12.0 Å². The number of nitrogens with zero attached hydrogens (tertiary/aromatic N) is 2. The highest BCUT2D eigenvalue weighted by atomic mass is 19.4. The van der Waals surface area contributed by atoms with Crippen LogP contribution in [0.3, 0.4) is 0 Å². The average molecular weight is 302 g/mol. The fourth-order valence-electron chi connectivity index (χ4n) is 2.04. The topological polar surface area (TPSA) is 38.0 Å². The Hall–Kier alpha value is -1.89. The van der Waals surface area contributed by atoms with E-state index in [1.54, 1.807) is 24.1 Å². The van der Waals surface area contributed by atoms with Crippen LogP contribution in [0.4, 0.5) is 17.6 Å². The Labute approximate surface area is 118 Å². The molecule has 0 radical (unpaired) electrons. The third-order valence-corrected chi connectivity index (χ3v) is 3.15. The van der Waals surface area contributed by atoms with Gasteiger partial charge in [-0.2, -0.15) is 18.3 Å². The number of halogens is 4. The summed E-state index contributed by atoms with van der Waals surface area (Å²) < 4.78 is 52.6. The third-order valence-electron chi connectivity index (χ3n) is 3.15. The van der Waals surface area contributed by atoms with Crippen LogP contribution in [0.1, 0.15) is 29.2 Å². The van der Waals surface area contributed by atoms with Crippen molar-refractivity contribution in [1.82, 2.24) is 9.78 Å². The van der Waals surface area contributed by atoms with Crippen LogP contribution < -0.4 is 0 Å². The van der Waals surface area contributed by atoms with E-state index in [9.17, 15) is 22.7 Å². The molecule has 1 aromatic carbocycles. The maximum absolute atomic E-state index is 13.2. The second kappa shape index (κ2) is 5.85. The quantitative estimate of drug-likeness (QED) is 0.881. The maximum atomic E-state index is 13.2. The van der Waals surface area contributed by atoms with Gasteiger partial charge >= 0.3 is 6.18 Å². The molecule has 1 N–H and O–H groups in total. The van der Waals surface area contributed by atoms with Crippen LogP contribution in [-0.4, -0.2) is 14.9 Å². The number of benzene rings is 1. The zero-order valence-corrected chi connectivity index (χ0v) is 11.2. The lowest BCUT2D eigenvalue weighted by Crippen LogP contribution is -2.10. The standard InChI is InChI=1S/C14H14F4N2O/c1-20-8-9(7-19-20)2-5-13(21)10-3-4-12(15)11(6-10)14(16,17)18/h3-4,6-8,13,21H,2,5H2,1H3. The van der Waals surface area contributed by atoms with E-state index in [0.29, 0.717) is 12.5 Å². The fourth-order valence-corrected chi connectivity index (χ4v) is 2.04. The summed E-state index contributed by atoms with van der Waals surface area (Å²) in [6, 6.07) is 2.55. The molecule has 0 aliphatic heterocycles. The van der Waals surface area contributed by atoms with Crippen LogP contribution in [0.15, 0.2) is 30.6 Å². The molecule has 0 aliphatic rings. The third kappa shape index (κ3) is 3.81. The van der Waals surface area contributed by atoms with Crippen molar-refractivity contribution in [2.75, 3.05) is 0 Å². The van der Waals surface area contributed by atoms with Gasteiger partial charge in [0, 0.05) is 13.2 Å². The number of alkyl halides is 3. The second-order valence-electron chi connectivity index (χ2n) is 4.81. The van der Waals surface area contributed by atoms with Gasteiger partial charge in [0.15, 0.2) is 0 Å². The van der Waals surface area contributed by atoms with Gasteiger partial charge in [0.1, 0.15) is 5.82 Å². The molecule has 1 heterocycles. The molecule has 7 heteroatoms. The fraction of sp³-hybridized carbons (Fsp3) is 0.357. The summed E-state index contributed by atoms with van der Waals surface area (Å²) in [4.78, 5) is 0. The molecule has 0 saturated carbocycles. The summed E-state index contributed by atoms with van der Waals surface area (Å²) in [7, 11) is 1.75. The van der Waals surface area contributed by atoms with Gasteiger partial charge in [-0.15, -0.1) is 0 Å². The number of hydrogen-bond donors (Lipinski definition) is 1. The minimum absolute atomic E-state index is 0.0487. The summed E-state index contributed by atoms with van der Waals surface area (Å²) in [5.41, 5.74) is -0.442. The molecule has 114 valence electrons. The Balaban J connectivity index is 2.10. The molecular formula is C14H14F4N2O. The largest absolute Gasteiger partial charge is 0.419 e. The number of hydrogen-bond acceptors (Lipinski definition) is 2. The van der Waals surface area contributed by atoms with Crippen molar-refractivity contribution in [3.63, 3.8) is 0 Å². The lowest BCUT2D eigenvalue weighted by atomic mass is 10.0. The SMILES string of the molecule is Cn1cc(CCC(O)c2ccc(F)c(C(F)(F)F)c2)cn1. The van der Waals surface area contributed by atoms with Gasteiger partial charge in [0.2, 0.25) is 0 Å². The molecule has 1 atom stereocenters. The molecule has 2 rings (SSSR count). The van der Waals surface area contributed by atoms with Crippen molar-refractivity contribution in [2.45, 2.75) is 25.1 Å². The van der Waals surface area contributed by atoms with Crippen LogP contribution in [0.5, 0.6) is 0 Å². The van der Waals surface area contributed by atoms with Crippen LogP contribution in [0, 0.1) is 5.82 Å². The Morgan fingerprint density at radius 3 is 2.62 bits per heavy atom. The van der Waals surface area contributed by atoms with E-state index in [4.69, 9.17) is 0 Å². The van der Waals surface area contributed by atoms with Gasteiger partial charge in [-0.3, -0.25) is 4.68 Å². The number of aryl methyl sites for hydroxylation is 2. The van der Waals surface area contributed by atoms with E-state index in [1.165, 1.54) is 6.07 Å². The summed E-state index contributed by atoms with van der Waals surface area (Å²) in [6.45, 7) is 0. The molecule has 1 aromatic heterocycles. The van der Waals surface area contributed by atoms with Crippen LogP contribution in [0.25, 0.3) is 0 Å². The molecule has 0 saturated heterocycles. The van der Waals surface area contributed by atoms with Gasteiger partial charge in [-0.1, -0.05) is 6.07 Å². The number of rotatable bonds is 4. The molecule has 0 aliphatic carbocycles. The first kappa shape index (κ1) is 15.5. The average Bonchev–Trinajstić information content (AvgIpc) is 2.81. The number of aliphatic hydroxyl groups excluding tert-OH is 1. The summed E-state index contributed by atoms with van der Waals surface area (Å²) in [5, 5.41) is 13.9. The van der Waals surface area contributed by atoms with Crippen molar-refractivity contribution in [3.8, 4) is 0 Å². The highest BCUT2D eigenvalue weighted by Crippen LogP contribution is 2.33. The molecule has 0 fully saturated rings. The number of aliphatic hydroxyl groups is 1. The molecule has 1 unspecified atom stereocenters. The second-order valence-corrected chi connectivity index (χ2v) is 4.81. The van der Waals surface area contributed by atoms with E-state index in [2.05, 4.69) is 5.10 Å². The van der Waals surface area contributed by atoms with Crippen LogP contribution in [0.2, 0.25) is 0 Å². The van der Waals surface area contributed by atoms with Gasteiger partial charge < -0.3 is 5.11 Å². The van der Waals surface area contributed by atoms with Crippen molar-refractivity contribution in [2.24, 2.45) is 7.05 Å². The van der Waals surface area contributed by atoms with Gasteiger partial charge in [0.05, 0.1) is 17.9 Å². The lowest BCUT2D eigenvalue weighted by Gasteiger charge is -2.14. The summed E-state index contributed by atoms with van der Waals surface area (Å²) in [5.74, 6) is -1.34. The predicted octanol–water partition coefficient (Wildman–Crippen LogP) is 3.24. The molecule has 0 bridgehead atoms. The van der Waals surface area contributed by atoms with Crippen molar-refractivity contribution >= 4 is 0 Å². The normalized spacial score (nSPS) is 13.4. The lowest BCUT2D eigenvalue weighted by molar-refractivity contribution is -0.140. The summed E-state index contributed by atoms with van der Waals surface area (Å²) >= 11 is 0. The van der Waals surface area contributed by atoms with Crippen molar-refractivity contribution in [3.05, 3.63) is 53.1 Å². The molecule has 0 amide bonds. The molecule has 21 heavy (non-hydrogen) atoms. The first-order valence-electron chi connectivity index (χ1n) is 6.29. The molecular weight excluding hydrogens is 288 g/mol. The van der Waals surface area contributed by atoms with E-state index in [1.807, 2.05) is 0 Å². The van der Waals surface area contributed by atoms with Gasteiger partial charge in [0.25, 0.3) is 0 Å². The Bertz CT molecular complexity index is 622. The molecule has 2 aromatic rings. The zero-order valence-electron chi connectivity index (χ0n) is 11.2. The Morgan fingerprint density at radius 2 is 2.05 bits per heavy atom. The van der Waals surface area contributed by atoms with Crippen LogP contribution in [-0.2, 0) is 19.6 Å². The first-order chi connectivity index (χ1) is 9.77. The molecule has 3 nitrogen and oxygen atoms in total. The summed E-state index contributed by atoms with van der Waals surface area (Å²) in [6.07, 6.45) is -1.78. The predicted molar refractivity (Wildman–Crippen MR) is 67.9 cm³/mol. The zero-order chi connectivity index (χ0) is 15.6. The van der Waals surface area contributed by atoms with Gasteiger partial charge in [-0.25, -0.2) is 4.39 Å². The smallest absolute Gasteiger partial charge is 0.388 e. The first-order valence-corrected chi connectivity index (χ1v) is 6.29. The van der Waals surface area contributed by atoms with Crippen molar-refractivity contribution in [1.29, 1.82) is 0 Å². The number of aromatic nitrogens is 2. The maximum Gasteiger partial charge on any atom is 0.419 e. The van der Waals surface area contributed by atoms with E-state index < -0.39 is 23.7 Å². The monoisotopic (exact) mass is 302 g/mol. The molecule has 0 spiro atoms.